The van der Waals surface area contributed by atoms with Gasteiger partial charge in [-0.3, -0.25) is 9.48 Å². The van der Waals surface area contributed by atoms with Crippen LogP contribution < -0.4 is 4.90 Å². The number of carbonyl (C=O) groups is 1. The molecule has 1 aliphatic heterocycles. The van der Waals surface area contributed by atoms with Gasteiger partial charge in [0.25, 0.3) is 0 Å². The minimum Gasteiger partial charge on any atom is -0.466 e. The van der Waals surface area contributed by atoms with E-state index in [0.29, 0.717) is 19.4 Å². The van der Waals surface area contributed by atoms with E-state index in [-0.39, 0.29) is 5.97 Å². The summed E-state index contributed by atoms with van der Waals surface area (Å²) in [6, 6.07) is 4.20. The predicted octanol–water partition coefficient (Wildman–Crippen LogP) is 3.23. The Bertz CT molecular complexity index is 718. The molecule has 2 aromatic heterocycles. The van der Waals surface area contributed by atoms with Crippen molar-refractivity contribution in [3.05, 3.63) is 17.8 Å². The van der Waals surface area contributed by atoms with Gasteiger partial charge in [0.1, 0.15) is 5.82 Å². The fourth-order valence-corrected chi connectivity index (χ4v) is 3.48. The Morgan fingerprint density at radius 2 is 1.88 bits per heavy atom. The second-order valence-electron chi connectivity index (χ2n) is 6.67. The molecule has 136 valence electrons. The monoisotopic (exact) mass is 344 g/mol. The van der Waals surface area contributed by atoms with E-state index >= 15 is 0 Å². The molecule has 0 bridgehead atoms. The van der Waals surface area contributed by atoms with Gasteiger partial charge in [-0.2, -0.15) is 5.10 Å². The van der Waals surface area contributed by atoms with Gasteiger partial charge in [-0.05, 0) is 31.9 Å². The van der Waals surface area contributed by atoms with Crippen LogP contribution in [0.1, 0.15) is 51.1 Å². The highest BCUT2D eigenvalue weighted by Gasteiger charge is 2.15. The number of carbonyl (C=O) groups excluding carboxylic acids is 1. The number of hydrogen-bond donors (Lipinski definition) is 0. The van der Waals surface area contributed by atoms with Crippen molar-refractivity contribution in [2.45, 2.75) is 51.9 Å². The van der Waals surface area contributed by atoms with Crippen LogP contribution in [-0.4, -0.2) is 40.4 Å². The summed E-state index contributed by atoms with van der Waals surface area (Å²) in [5.74, 6) is 0.862. The number of pyridine rings is 1. The molecule has 2 aromatic rings. The van der Waals surface area contributed by atoms with Crippen LogP contribution in [0.3, 0.4) is 0 Å². The Kier molecular flexibility index (Phi) is 5.89. The largest absolute Gasteiger partial charge is 0.466 e. The molecule has 1 aliphatic rings. The molecule has 0 radical (unpaired) electrons. The van der Waals surface area contributed by atoms with Crippen LogP contribution in [0, 0.1) is 0 Å². The van der Waals surface area contributed by atoms with Crippen molar-refractivity contribution in [2.75, 3.05) is 24.6 Å². The van der Waals surface area contributed by atoms with Gasteiger partial charge in [0.05, 0.1) is 18.7 Å². The fraction of sp³-hybridized carbons (Fsp3) is 0.632. The minimum absolute atomic E-state index is 0.175. The van der Waals surface area contributed by atoms with Crippen LogP contribution in [0.4, 0.5) is 5.82 Å². The van der Waals surface area contributed by atoms with E-state index in [4.69, 9.17) is 9.72 Å². The zero-order valence-corrected chi connectivity index (χ0v) is 15.3. The Hall–Kier alpha value is -2.11. The third kappa shape index (κ3) is 4.30. The number of aryl methyl sites for hydroxylation is 2. The van der Waals surface area contributed by atoms with Crippen LogP contribution >= 0.6 is 0 Å². The van der Waals surface area contributed by atoms with E-state index in [0.717, 1.165) is 35.6 Å². The lowest BCUT2D eigenvalue weighted by Crippen LogP contribution is -2.27. The molecule has 3 rings (SSSR count). The average molecular weight is 344 g/mol. The Balaban J connectivity index is 1.78. The molecule has 3 heterocycles. The van der Waals surface area contributed by atoms with Crippen molar-refractivity contribution in [1.82, 2.24) is 14.8 Å². The first kappa shape index (κ1) is 17.7. The highest BCUT2D eigenvalue weighted by molar-refractivity contribution is 5.81. The maximum Gasteiger partial charge on any atom is 0.306 e. The molecule has 25 heavy (non-hydrogen) atoms. The summed E-state index contributed by atoms with van der Waals surface area (Å²) in [6.45, 7) is 4.39. The molecule has 0 unspecified atom stereocenters. The second kappa shape index (κ2) is 8.32. The zero-order chi connectivity index (χ0) is 17.6. The van der Waals surface area contributed by atoms with E-state index in [1.54, 1.807) is 0 Å². The van der Waals surface area contributed by atoms with Gasteiger partial charge in [0, 0.05) is 31.9 Å². The molecule has 6 heteroatoms. The summed E-state index contributed by atoms with van der Waals surface area (Å²) < 4.78 is 6.83. The normalized spacial score (nSPS) is 15.8. The first-order valence-corrected chi connectivity index (χ1v) is 9.42. The predicted molar refractivity (Wildman–Crippen MR) is 98.8 cm³/mol. The van der Waals surface area contributed by atoms with Crippen molar-refractivity contribution in [1.29, 1.82) is 0 Å². The van der Waals surface area contributed by atoms with E-state index < -0.39 is 0 Å². The first-order valence-electron chi connectivity index (χ1n) is 9.42. The van der Waals surface area contributed by atoms with Crippen LogP contribution in [0.25, 0.3) is 11.0 Å². The third-order valence-corrected chi connectivity index (χ3v) is 4.80. The Morgan fingerprint density at radius 1 is 1.16 bits per heavy atom. The average Bonchev–Trinajstić information content (AvgIpc) is 2.89. The van der Waals surface area contributed by atoms with Crippen molar-refractivity contribution in [3.63, 3.8) is 0 Å². The van der Waals surface area contributed by atoms with Crippen molar-refractivity contribution in [2.24, 2.45) is 7.05 Å². The smallest absolute Gasteiger partial charge is 0.306 e. The maximum atomic E-state index is 11.6. The van der Waals surface area contributed by atoms with Gasteiger partial charge in [-0.25, -0.2) is 4.98 Å². The minimum atomic E-state index is -0.175. The lowest BCUT2D eigenvalue weighted by molar-refractivity contribution is -0.143. The van der Waals surface area contributed by atoms with E-state index in [2.05, 4.69) is 22.1 Å². The van der Waals surface area contributed by atoms with Crippen LogP contribution in [0.2, 0.25) is 0 Å². The van der Waals surface area contributed by atoms with Gasteiger partial charge in [-0.1, -0.05) is 19.3 Å². The second-order valence-corrected chi connectivity index (χ2v) is 6.67. The molecular weight excluding hydrogens is 316 g/mol. The number of rotatable bonds is 5. The van der Waals surface area contributed by atoms with E-state index in [1.165, 1.54) is 32.1 Å². The SMILES string of the molecule is CCOC(=O)CCc1nn(C)c2nc(N3CCCCCCC3)ccc12. The molecule has 6 nitrogen and oxygen atoms in total. The highest BCUT2D eigenvalue weighted by Crippen LogP contribution is 2.23. The van der Waals surface area contributed by atoms with Gasteiger partial charge in [-0.15, -0.1) is 0 Å². The summed E-state index contributed by atoms with van der Waals surface area (Å²) in [4.78, 5) is 18.9. The highest BCUT2D eigenvalue weighted by atomic mass is 16.5. The summed E-state index contributed by atoms with van der Waals surface area (Å²) in [6.07, 6.45) is 7.37. The molecule has 0 amide bonds. The molecular formula is C19H28N4O2. The van der Waals surface area contributed by atoms with Crippen molar-refractivity contribution in [3.8, 4) is 0 Å². The molecule has 1 fully saturated rings. The lowest BCUT2D eigenvalue weighted by atomic mass is 10.1. The topological polar surface area (TPSA) is 60.2 Å². The molecule has 0 aliphatic carbocycles. The summed E-state index contributed by atoms with van der Waals surface area (Å²) >= 11 is 0. The third-order valence-electron chi connectivity index (χ3n) is 4.80. The lowest BCUT2D eigenvalue weighted by Gasteiger charge is -2.25. The number of nitrogens with zero attached hydrogens (tertiary/aromatic N) is 4. The number of fused-ring (bicyclic) bond motifs is 1. The number of aromatic nitrogens is 3. The molecule has 0 saturated carbocycles. The number of anilines is 1. The zero-order valence-electron chi connectivity index (χ0n) is 15.3. The van der Waals surface area contributed by atoms with Crippen LogP contribution in [0.5, 0.6) is 0 Å². The van der Waals surface area contributed by atoms with Gasteiger partial charge in [0.2, 0.25) is 0 Å². The van der Waals surface area contributed by atoms with Gasteiger partial charge < -0.3 is 9.64 Å². The van der Waals surface area contributed by atoms with E-state index in [1.807, 2.05) is 18.7 Å². The summed E-state index contributed by atoms with van der Waals surface area (Å²) in [5, 5.41) is 5.60. The molecule has 0 spiro atoms. The summed E-state index contributed by atoms with van der Waals surface area (Å²) in [7, 11) is 1.92. The number of esters is 1. The first-order chi connectivity index (χ1) is 12.2. The molecule has 0 aromatic carbocycles. The Labute approximate surface area is 149 Å². The fourth-order valence-electron chi connectivity index (χ4n) is 3.48. The number of ether oxygens (including phenoxy) is 1. The summed E-state index contributed by atoms with van der Waals surface area (Å²) in [5.41, 5.74) is 1.80. The van der Waals surface area contributed by atoms with Crippen molar-refractivity contribution >= 4 is 22.8 Å². The van der Waals surface area contributed by atoms with Crippen LogP contribution in [0.15, 0.2) is 12.1 Å². The standard InChI is InChI=1S/C19H28N4O2/c1-3-25-18(24)12-10-16-15-9-11-17(20-19(15)22(2)21-16)23-13-7-5-4-6-8-14-23/h9,11H,3-8,10,12-14H2,1-2H3. The van der Waals surface area contributed by atoms with Gasteiger partial charge in [0.15, 0.2) is 5.65 Å². The number of hydrogen-bond acceptors (Lipinski definition) is 5. The quantitative estimate of drug-likeness (QED) is 0.779. The van der Waals surface area contributed by atoms with E-state index in [9.17, 15) is 4.79 Å². The molecule has 0 N–H and O–H groups in total. The van der Waals surface area contributed by atoms with Crippen LogP contribution in [-0.2, 0) is 23.0 Å². The van der Waals surface area contributed by atoms with Gasteiger partial charge >= 0.3 is 5.97 Å². The molecule has 0 atom stereocenters. The maximum absolute atomic E-state index is 11.6. The Morgan fingerprint density at radius 3 is 2.60 bits per heavy atom. The molecule has 1 saturated heterocycles. The van der Waals surface area contributed by atoms with Crippen molar-refractivity contribution < 1.29 is 9.53 Å².